The van der Waals surface area contributed by atoms with Crippen LogP contribution in [0.3, 0.4) is 0 Å². The number of amides is 2. The molecule has 0 aromatic rings. The second kappa shape index (κ2) is 37.8. The van der Waals surface area contributed by atoms with Crippen molar-refractivity contribution in [1.29, 1.82) is 0 Å². The van der Waals surface area contributed by atoms with Crippen molar-refractivity contribution in [3.05, 3.63) is 0 Å². The maximum Gasteiger partial charge on any atom is 0.248 e. The molecule has 5 heteroatoms. The molecule has 5 nitrogen and oxygen atoms in total. The molecule has 2 amide bonds. The minimum Gasteiger partial charge on any atom is -0.362 e. The van der Waals surface area contributed by atoms with E-state index in [1.807, 2.05) is 0 Å². The van der Waals surface area contributed by atoms with E-state index in [0.717, 1.165) is 63.7 Å². The molecular weight excluding hydrogens is 653 g/mol. The van der Waals surface area contributed by atoms with Crippen LogP contribution in [0.2, 0.25) is 0 Å². The van der Waals surface area contributed by atoms with Crippen molar-refractivity contribution in [3.63, 3.8) is 0 Å². The van der Waals surface area contributed by atoms with Gasteiger partial charge in [-0.15, -0.1) is 0 Å². The molecule has 0 N–H and O–H groups in total. The fraction of sp³-hybridized carbons (Fsp3) is 0.958. The number of hydrogen-bond donors (Lipinski definition) is 0. The molecule has 0 saturated heterocycles. The fourth-order valence-corrected chi connectivity index (χ4v) is 7.50. The van der Waals surface area contributed by atoms with Gasteiger partial charge in [0.05, 0.1) is 0 Å². The number of ether oxygens (including phenoxy) is 1. The zero-order valence-corrected chi connectivity index (χ0v) is 37.5. The van der Waals surface area contributed by atoms with E-state index in [2.05, 4.69) is 65.2 Å². The monoisotopic (exact) mass is 749 g/mol. The van der Waals surface area contributed by atoms with Crippen molar-refractivity contribution in [2.75, 3.05) is 39.4 Å². The lowest BCUT2D eigenvalue weighted by Gasteiger charge is -2.26. The molecule has 0 radical (unpaired) electrons. The van der Waals surface area contributed by atoms with Crippen LogP contribution in [0.4, 0.5) is 0 Å². The lowest BCUT2D eigenvalue weighted by molar-refractivity contribution is -0.142. The molecule has 0 aromatic heterocycles. The van der Waals surface area contributed by atoms with E-state index in [-0.39, 0.29) is 25.0 Å². The summed E-state index contributed by atoms with van der Waals surface area (Å²) in [5.41, 5.74) is 0. The van der Waals surface area contributed by atoms with Gasteiger partial charge in [-0.05, 0) is 49.4 Å². The molecule has 0 heterocycles. The second-order valence-corrected chi connectivity index (χ2v) is 18.1. The first-order valence-electron chi connectivity index (χ1n) is 23.7. The molecule has 0 aliphatic carbocycles. The van der Waals surface area contributed by atoms with Gasteiger partial charge in [-0.3, -0.25) is 9.59 Å². The largest absolute Gasteiger partial charge is 0.362 e. The Bertz CT molecular complexity index is 736. The Hall–Kier alpha value is -1.10. The van der Waals surface area contributed by atoms with Crippen molar-refractivity contribution in [3.8, 4) is 0 Å². The Kier molecular flexibility index (Phi) is 37.0. The van der Waals surface area contributed by atoms with Crippen LogP contribution in [0.1, 0.15) is 235 Å². The van der Waals surface area contributed by atoms with Crippen LogP contribution in [-0.4, -0.2) is 61.0 Å². The molecule has 0 saturated carbocycles. The van der Waals surface area contributed by atoms with Crippen LogP contribution < -0.4 is 0 Å². The third-order valence-corrected chi connectivity index (χ3v) is 11.5. The lowest BCUT2D eigenvalue weighted by atomic mass is 9.97. The number of carbonyl (C=O) groups excluding carboxylic acids is 2. The highest BCUT2D eigenvalue weighted by molar-refractivity contribution is 5.79. The number of unbranched alkanes of at least 4 members (excludes halogenated alkanes) is 18. The van der Waals surface area contributed by atoms with Crippen LogP contribution >= 0.6 is 0 Å². The molecule has 2 atom stereocenters. The molecule has 0 bridgehead atoms. The molecule has 53 heavy (non-hydrogen) atoms. The van der Waals surface area contributed by atoms with Gasteiger partial charge in [0.1, 0.15) is 13.2 Å². The van der Waals surface area contributed by atoms with Crippen LogP contribution in [-0.2, 0) is 14.3 Å². The summed E-state index contributed by atoms with van der Waals surface area (Å²) in [6.07, 6.45) is 35.6. The second-order valence-electron chi connectivity index (χ2n) is 18.1. The zero-order valence-electron chi connectivity index (χ0n) is 37.5. The summed E-state index contributed by atoms with van der Waals surface area (Å²) in [6.45, 7) is 21.7. The Morgan fingerprint density at radius 3 is 0.981 bits per heavy atom. The van der Waals surface area contributed by atoms with E-state index in [0.29, 0.717) is 11.8 Å². The molecule has 0 fully saturated rings. The Labute approximate surface area is 333 Å². The van der Waals surface area contributed by atoms with Gasteiger partial charge in [0.2, 0.25) is 11.8 Å². The van der Waals surface area contributed by atoms with Gasteiger partial charge < -0.3 is 14.5 Å². The Balaban J connectivity index is 4.96. The fourth-order valence-electron chi connectivity index (χ4n) is 7.50. The first-order chi connectivity index (χ1) is 25.6. The third kappa shape index (κ3) is 35.1. The first-order valence-corrected chi connectivity index (χ1v) is 23.7. The van der Waals surface area contributed by atoms with Gasteiger partial charge in [0.15, 0.2) is 0 Å². The predicted octanol–water partition coefficient (Wildman–Crippen LogP) is 14.2. The molecule has 0 aromatic carbocycles. The average Bonchev–Trinajstić information content (AvgIpc) is 3.11. The summed E-state index contributed by atoms with van der Waals surface area (Å²) in [5, 5.41) is 0. The van der Waals surface area contributed by atoms with Crippen LogP contribution in [0.25, 0.3) is 0 Å². The van der Waals surface area contributed by atoms with Gasteiger partial charge in [-0.2, -0.15) is 0 Å². The minimum absolute atomic E-state index is 0.0168. The van der Waals surface area contributed by atoms with Crippen molar-refractivity contribution >= 4 is 11.8 Å². The normalized spacial score (nSPS) is 12.9. The Morgan fingerprint density at radius 2 is 0.679 bits per heavy atom. The van der Waals surface area contributed by atoms with Crippen LogP contribution in [0.5, 0.6) is 0 Å². The van der Waals surface area contributed by atoms with E-state index in [1.165, 1.54) is 154 Å². The topological polar surface area (TPSA) is 49.9 Å². The smallest absolute Gasteiger partial charge is 0.248 e. The van der Waals surface area contributed by atoms with Gasteiger partial charge in [0.25, 0.3) is 0 Å². The number of rotatable bonds is 40. The summed E-state index contributed by atoms with van der Waals surface area (Å²) in [7, 11) is 0. The van der Waals surface area contributed by atoms with Crippen LogP contribution in [0, 0.1) is 23.7 Å². The predicted molar refractivity (Wildman–Crippen MR) is 233 cm³/mol. The summed E-state index contributed by atoms with van der Waals surface area (Å²) in [6, 6.07) is 0. The number of carbonyl (C=O) groups is 2. The first kappa shape index (κ1) is 51.9. The summed E-state index contributed by atoms with van der Waals surface area (Å²) >= 11 is 0. The quantitative estimate of drug-likeness (QED) is 0.0586. The standard InChI is InChI=1S/C48H96N2O3/c1-9-11-13-15-17-19-21-23-25-27-37-49(39-35-45(7)33-29-31-43(3)4)47(51)41-53-42-48(52)50(40-36-46(8)34-30-32-44(5)6)38-28-26-24-22-20-18-16-14-12-10-2/h43-46H,9-42H2,1-8H3. The Morgan fingerprint density at radius 1 is 0.377 bits per heavy atom. The maximum atomic E-state index is 13.5. The van der Waals surface area contributed by atoms with Crippen molar-refractivity contribution in [1.82, 2.24) is 9.80 Å². The molecule has 316 valence electrons. The SMILES string of the molecule is CCCCCCCCCCCCN(CCC(C)CCCC(C)C)C(=O)COCC(=O)N(CCCCCCCCCCCC)CCC(C)CCCC(C)C. The summed E-state index contributed by atoms with van der Waals surface area (Å²) in [4.78, 5) is 31.1. The van der Waals surface area contributed by atoms with Gasteiger partial charge in [-0.1, -0.05) is 209 Å². The van der Waals surface area contributed by atoms with E-state index in [4.69, 9.17) is 4.74 Å². The highest BCUT2D eigenvalue weighted by Gasteiger charge is 2.19. The molecule has 0 aliphatic heterocycles. The molecule has 2 unspecified atom stereocenters. The third-order valence-electron chi connectivity index (χ3n) is 11.5. The zero-order chi connectivity index (χ0) is 39.4. The lowest BCUT2D eigenvalue weighted by Crippen LogP contribution is -2.39. The molecule has 0 spiro atoms. The van der Waals surface area contributed by atoms with Crippen LogP contribution in [0.15, 0.2) is 0 Å². The van der Waals surface area contributed by atoms with Gasteiger partial charge >= 0.3 is 0 Å². The highest BCUT2D eigenvalue weighted by atomic mass is 16.5. The van der Waals surface area contributed by atoms with E-state index >= 15 is 0 Å². The van der Waals surface area contributed by atoms with E-state index < -0.39 is 0 Å². The highest BCUT2D eigenvalue weighted by Crippen LogP contribution is 2.19. The minimum atomic E-state index is 0.0168. The number of nitrogens with zero attached hydrogens (tertiary/aromatic N) is 2. The number of hydrogen-bond acceptors (Lipinski definition) is 3. The maximum absolute atomic E-state index is 13.5. The molecular formula is C48H96N2O3. The van der Waals surface area contributed by atoms with Crippen molar-refractivity contribution < 1.29 is 14.3 Å². The molecule has 0 rings (SSSR count). The van der Waals surface area contributed by atoms with E-state index in [9.17, 15) is 9.59 Å². The summed E-state index contributed by atoms with van der Waals surface area (Å²) < 4.78 is 5.93. The summed E-state index contributed by atoms with van der Waals surface area (Å²) in [5.74, 6) is 2.85. The van der Waals surface area contributed by atoms with Crippen molar-refractivity contribution in [2.45, 2.75) is 235 Å². The van der Waals surface area contributed by atoms with E-state index in [1.54, 1.807) is 0 Å². The van der Waals surface area contributed by atoms with Gasteiger partial charge in [-0.25, -0.2) is 0 Å². The van der Waals surface area contributed by atoms with Gasteiger partial charge in [0, 0.05) is 26.2 Å². The van der Waals surface area contributed by atoms with Crippen molar-refractivity contribution in [2.24, 2.45) is 23.7 Å². The molecule has 0 aliphatic rings. The average molecular weight is 749 g/mol.